The Bertz CT molecular complexity index is 101. The molecule has 0 amide bonds. The highest BCUT2D eigenvalue weighted by Crippen LogP contribution is 2.09. The van der Waals surface area contributed by atoms with Crippen molar-refractivity contribution < 1.29 is 4.74 Å². The van der Waals surface area contributed by atoms with E-state index in [1.54, 1.807) is 0 Å². The molecule has 0 aliphatic carbocycles. The molecular formula is C7H15NO. The van der Waals surface area contributed by atoms with Crippen LogP contribution in [0.3, 0.4) is 0 Å². The van der Waals surface area contributed by atoms with Crippen molar-refractivity contribution in [3.63, 3.8) is 0 Å². The van der Waals surface area contributed by atoms with Crippen LogP contribution >= 0.6 is 0 Å². The molecule has 1 atom stereocenters. The van der Waals surface area contributed by atoms with Gasteiger partial charge in [0.05, 0.1) is 13.2 Å². The molecule has 2 nitrogen and oxygen atoms in total. The lowest BCUT2D eigenvalue weighted by Crippen LogP contribution is -2.54. The van der Waals surface area contributed by atoms with Gasteiger partial charge in [-0.3, -0.25) is 0 Å². The van der Waals surface area contributed by atoms with Crippen LogP contribution in [-0.2, 0) is 4.74 Å². The van der Waals surface area contributed by atoms with Crippen molar-refractivity contribution in [1.82, 2.24) is 5.32 Å². The first-order valence-electron chi connectivity index (χ1n) is 3.46. The van der Waals surface area contributed by atoms with E-state index in [0.29, 0.717) is 6.04 Å². The largest absolute Gasteiger partial charge is 0.378 e. The first-order valence-corrected chi connectivity index (χ1v) is 3.46. The molecule has 1 aliphatic rings. The van der Waals surface area contributed by atoms with Gasteiger partial charge in [0, 0.05) is 11.6 Å². The molecule has 0 saturated carbocycles. The Morgan fingerprint density at radius 2 is 2.22 bits per heavy atom. The maximum Gasteiger partial charge on any atom is 0.0643 e. The molecule has 1 unspecified atom stereocenters. The third-order valence-electron chi connectivity index (χ3n) is 1.47. The Morgan fingerprint density at radius 3 is 2.56 bits per heavy atom. The van der Waals surface area contributed by atoms with Gasteiger partial charge in [0.2, 0.25) is 0 Å². The standard InChI is InChI=1S/C7H15NO/c1-6-4-9-5-7(2,3)8-6/h6,8H,4-5H2,1-3H3. The Kier molecular flexibility index (Phi) is 1.78. The third-order valence-corrected chi connectivity index (χ3v) is 1.47. The van der Waals surface area contributed by atoms with Gasteiger partial charge >= 0.3 is 0 Å². The van der Waals surface area contributed by atoms with Crippen molar-refractivity contribution in [2.24, 2.45) is 0 Å². The molecule has 0 aromatic carbocycles. The zero-order valence-corrected chi connectivity index (χ0v) is 6.40. The monoisotopic (exact) mass is 129 g/mol. The lowest BCUT2D eigenvalue weighted by Gasteiger charge is -2.35. The molecule has 1 aliphatic heterocycles. The van der Waals surface area contributed by atoms with Crippen LogP contribution in [0, 0.1) is 0 Å². The first-order chi connectivity index (χ1) is 4.10. The molecule has 0 radical (unpaired) electrons. The molecule has 1 heterocycles. The van der Waals surface area contributed by atoms with Crippen molar-refractivity contribution in [1.29, 1.82) is 0 Å². The van der Waals surface area contributed by atoms with E-state index in [9.17, 15) is 0 Å². The van der Waals surface area contributed by atoms with Gasteiger partial charge in [-0.1, -0.05) is 0 Å². The molecule has 2 heteroatoms. The van der Waals surface area contributed by atoms with Crippen LogP contribution in [0.15, 0.2) is 0 Å². The third kappa shape index (κ3) is 1.95. The van der Waals surface area contributed by atoms with E-state index in [2.05, 4.69) is 26.1 Å². The summed E-state index contributed by atoms with van der Waals surface area (Å²) in [6, 6.07) is 0.508. The van der Waals surface area contributed by atoms with E-state index < -0.39 is 0 Å². The van der Waals surface area contributed by atoms with Crippen LogP contribution in [0.4, 0.5) is 0 Å². The Hall–Kier alpha value is -0.0800. The fourth-order valence-corrected chi connectivity index (χ4v) is 1.24. The van der Waals surface area contributed by atoms with Gasteiger partial charge in [0.15, 0.2) is 0 Å². The zero-order chi connectivity index (χ0) is 6.91. The smallest absolute Gasteiger partial charge is 0.0643 e. The van der Waals surface area contributed by atoms with Crippen molar-refractivity contribution in [3.8, 4) is 0 Å². The highest BCUT2D eigenvalue weighted by molar-refractivity contribution is 4.83. The van der Waals surface area contributed by atoms with Crippen molar-refractivity contribution in [2.45, 2.75) is 32.4 Å². The summed E-state index contributed by atoms with van der Waals surface area (Å²) in [6.45, 7) is 8.13. The maximum absolute atomic E-state index is 5.33. The molecule has 1 N–H and O–H groups in total. The lowest BCUT2D eigenvalue weighted by atomic mass is 10.0. The summed E-state index contributed by atoms with van der Waals surface area (Å²) in [7, 11) is 0. The van der Waals surface area contributed by atoms with Crippen LogP contribution < -0.4 is 5.32 Å². The minimum absolute atomic E-state index is 0.178. The second kappa shape index (κ2) is 2.27. The summed E-state index contributed by atoms with van der Waals surface area (Å²) in [6.07, 6.45) is 0. The average Bonchev–Trinajstić information content (AvgIpc) is 1.60. The molecule has 1 rings (SSSR count). The topological polar surface area (TPSA) is 21.3 Å². The normalized spacial score (nSPS) is 34.3. The summed E-state index contributed by atoms with van der Waals surface area (Å²) >= 11 is 0. The number of nitrogens with one attached hydrogen (secondary N) is 1. The van der Waals surface area contributed by atoms with Gasteiger partial charge in [-0.2, -0.15) is 0 Å². The van der Waals surface area contributed by atoms with E-state index in [4.69, 9.17) is 4.74 Å². The van der Waals surface area contributed by atoms with Crippen molar-refractivity contribution in [2.75, 3.05) is 13.2 Å². The summed E-state index contributed by atoms with van der Waals surface area (Å²) in [5, 5.41) is 3.43. The van der Waals surface area contributed by atoms with E-state index in [1.807, 2.05) is 0 Å². The van der Waals surface area contributed by atoms with Crippen molar-refractivity contribution in [3.05, 3.63) is 0 Å². The first kappa shape index (κ1) is 7.03. The van der Waals surface area contributed by atoms with Gasteiger partial charge in [-0.05, 0) is 20.8 Å². The van der Waals surface area contributed by atoms with Gasteiger partial charge in [0.25, 0.3) is 0 Å². The van der Waals surface area contributed by atoms with E-state index in [1.165, 1.54) is 0 Å². The number of morpholine rings is 1. The fraction of sp³-hybridized carbons (Fsp3) is 1.00. The van der Waals surface area contributed by atoms with Crippen LogP contribution in [-0.4, -0.2) is 24.8 Å². The highest BCUT2D eigenvalue weighted by atomic mass is 16.5. The summed E-state index contributed by atoms with van der Waals surface area (Å²) < 4.78 is 5.33. The molecule has 1 fully saturated rings. The number of ether oxygens (including phenoxy) is 1. The Labute approximate surface area is 56.6 Å². The molecule has 0 spiro atoms. The summed E-state index contributed by atoms with van der Waals surface area (Å²) in [5.41, 5.74) is 0.178. The lowest BCUT2D eigenvalue weighted by molar-refractivity contribution is 0.0182. The second-order valence-electron chi connectivity index (χ2n) is 3.44. The number of hydrogen-bond donors (Lipinski definition) is 1. The second-order valence-corrected chi connectivity index (χ2v) is 3.44. The van der Waals surface area contributed by atoms with E-state index >= 15 is 0 Å². The van der Waals surface area contributed by atoms with Crippen LogP contribution in [0.2, 0.25) is 0 Å². The molecule has 1 saturated heterocycles. The van der Waals surface area contributed by atoms with Crippen LogP contribution in [0.5, 0.6) is 0 Å². The van der Waals surface area contributed by atoms with Crippen molar-refractivity contribution >= 4 is 0 Å². The van der Waals surface area contributed by atoms with Gasteiger partial charge in [0.1, 0.15) is 0 Å². The molecule has 0 bridgehead atoms. The fourth-order valence-electron chi connectivity index (χ4n) is 1.24. The minimum Gasteiger partial charge on any atom is -0.378 e. The van der Waals surface area contributed by atoms with Gasteiger partial charge < -0.3 is 10.1 Å². The zero-order valence-electron chi connectivity index (χ0n) is 6.40. The van der Waals surface area contributed by atoms with E-state index in [0.717, 1.165) is 13.2 Å². The van der Waals surface area contributed by atoms with Crippen LogP contribution in [0.1, 0.15) is 20.8 Å². The maximum atomic E-state index is 5.33. The Balaban J connectivity index is 2.41. The SMILES string of the molecule is CC1COCC(C)(C)N1. The molecule has 0 aromatic rings. The van der Waals surface area contributed by atoms with Gasteiger partial charge in [-0.25, -0.2) is 0 Å². The molecule has 0 aromatic heterocycles. The predicted molar refractivity (Wildman–Crippen MR) is 37.5 cm³/mol. The van der Waals surface area contributed by atoms with Crippen LogP contribution in [0.25, 0.3) is 0 Å². The molecule has 54 valence electrons. The number of hydrogen-bond acceptors (Lipinski definition) is 2. The minimum atomic E-state index is 0.178. The van der Waals surface area contributed by atoms with Gasteiger partial charge in [-0.15, -0.1) is 0 Å². The van der Waals surface area contributed by atoms with E-state index in [-0.39, 0.29) is 5.54 Å². The number of rotatable bonds is 0. The molecule has 9 heavy (non-hydrogen) atoms. The predicted octanol–water partition coefficient (Wildman–Crippen LogP) is 0.773. The summed E-state index contributed by atoms with van der Waals surface area (Å²) in [4.78, 5) is 0. The molecular weight excluding hydrogens is 114 g/mol. The highest BCUT2D eigenvalue weighted by Gasteiger charge is 2.24. The summed E-state index contributed by atoms with van der Waals surface area (Å²) in [5.74, 6) is 0. The average molecular weight is 129 g/mol. The quantitative estimate of drug-likeness (QED) is 0.521. The Morgan fingerprint density at radius 1 is 1.56 bits per heavy atom.